The smallest absolute Gasteiger partial charge is 0.262 e. The number of piperidine rings is 1. The van der Waals surface area contributed by atoms with Crippen LogP contribution in [0.5, 0.6) is 5.75 Å². The van der Waals surface area contributed by atoms with Crippen molar-refractivity contribution in [3.05, 3.63) is 54.1 Å². The number of sulfonamides is 1. The lowest BCUT2D eigenvalue weighted by atomic mass is 9.96. The van der Waals surface area contributed by atoms with Gasteiger partial charge in [-0.2, -0.15) is 4.31 Å². The van der Waals surface area contributed by atoms with E-state index in [4.69, 9.17) is 4.74 Å². The lowest BCUT2D eigenvalue weighted by Gasteiger charge is -2.32. The first-order chi connectivity index (χ1) is 14.8. The zero-order valence-corrected chi connectivity index (χ0v) is 18.1. The largest absolute Gasteiger partial charge is 0.482 e. The molecule has 0 bridgehead atoms. The predicted molar refractivity (Wildman–Crippen MR) is 115 cm³/mol. The maximum Gasteiger partial charge on any atom is 0.262 e. The summed E-state index contributed by atoms with van der Waals surface area (Å²) in [6.45, 7) is 0.996. The maximum atomic E-state index is 13.1. The van der Waals surface area contributed by atoms with Gasteiger partial charge in [0.1, 0.15) is 5.75 Å². The van der Waals surface area contributed by atoms with Crippen LogP contribution in [-0.2, 0) is 26.2 Å². The molecule has 164 valence electrons. The number of anilines is 1. The monoisotopic (exact) mass is 443 g/mol. The van der Waals surface area contributed by atoms with Crippen LogP contribution >= 0.6 is 0 Å². The summed E-state index contributed by atoms with van der Waals surface area (Å²) in [7, 11) is -1.95. The van der Waals surface area contributed by atoms with Gasteiger partial charge >= 0.3 is 0 Å². The first-order valence-electron chi connectivity index (χ1n) is 10.2. The van der Waals surface area contributed by atoms with Crippen LogP contribution in [0.1, 0.15) is 18.4 Å². The second-order valence-electron chi connectivity index (χ2n) is 7.85. The third-order valence-corrected chi connectivity index (χ3v) is 7.56. The summed E-state index contributed by atoms with van der Waals surface area (Å²) < 4.78 is 32.9. The second-order valence-corrected chi connectivity index (χ2v) is 9.79. The summed E-state index contributed by atoms with van der Waals surface area (Å²) >= 11 is 0. The van der Waals surface area contributed by atoms with Crippen LogP contribution in [0, 0.1) is 5.92 Å². The highest BCUT2D eigenvalue weighted by Gasteiger charge is 2.33. The Kier molecular flexibility index (Phi) is 5.97. The minimum atomic E-state index is -3.73. The van der Waals surface area contributed by atoms with E-state index in [0.717, 1.165) is 5.56 Å². The number of amides is 2. The van der Waals surface area contributed by atoms with E-state index in [1.54, 1.807) is 18.0 Å². The van der Waals surface area contributed by atoms with E-state index in [1.165, 1.54) is 16.4 Å². The third kappa shape index (κ3) is 4.57. The van der Waals surface area contributed by atoms with Gasteiger partial charge in [-0.15, -0.1) is 0 Å². The van der Waals surface area contributed by atoms with Crippen molar-refractivity contribution in [2.45, 2.75) is 24.3 Å². The van der Waals surface area contributed by atoms with Crippen molar-refractivity contribution < 1.29 is 22.7 Å². The van der Waals surface area contributed by atoms with E-state index in [9.17, 15) is 18.0 Å². The van der Waals surface area contributed by atoms with E-state index >= 15 is 0 Å². The third-order valence-electron chi connectivity index (χ3n) is 5.66. The van der Waals surface area contributed by atoms with E-state index in [1.807, 2.05) is 30.3 Å². The Hall–Kier alpha value is -2.91. The molecule has 0 atom stereocenters. The molecule has 1 fully saturated rings. The molecule has 0 aliphatic carbocycles. The summed E-state index contributed by atoms with van der Waals surface area (Å²) in [5.41, 5.74) is 1.41. The molecular weight excluding hydrogens is 418 g/mol. The van der Waals surface area contributed by atoms with Crippen molar-refractivity contribution >= 4 is 27.5 Å². The molecule has 8 nitrogen and oxygen atoms in total. The summed E-state index contributed by atoms with van der Waals surface area (Å²) in [4.78, 5) is 26.2. The second kappa shape index (κ2) is 8.68. The van der Waals surface area contributed by atoms with Crippen LogP contribution in [0.4, 0.5) is 5.69 Å². The van der Waals surface area contributed by atoms with E-state index in [2.05, 4.69) is 5.32 Å². The van der Waals surface area contributed by atoms with Gasteiger partial charge in [-0.1, -0.05) is 30.3 Å². The van der Waals surface area contributed by atoms with Crippen LogP contribution in [0.15, 0.2) is 53.4 Å². The normalized spacial score (nSPS) is 17.4. The van der Waals surface area contributed by atoms with Crippen LogP contribution in [-0.4, -0.2) is 56.2 Å². The molecule has 9 heteroatoms. The van der Waals surface area contributed by atoms with Gasteiger partial charge in [-0.05, 0) is 36.6 Å². The van der Waals surface area contributed by atoms with Gasteiger partial charge in [-0.25, -0.2) is 8.42 Å². The zero-order valence-electron chi connectivity index (χ0n) is 17.3. The number of fused-ring (bicyclic) bond motifs is 1. The van der Waals surface area contributed by atoms with Crippen LogP contribution in [0.3, 0.4) is 0 Å². The summed E-state index contributed by atoms with van der Waals surface area (Å²) in [5.74, 6) is -0.0313. The molecule has 0 aromatic heterocycles. The van der Waals surface area contributed by atoms with Crippen LogP contribution in [0.25, 0.3) is 0 Å². The van der Waals surface area contributed by atoms with Crippen molar-refractivity contribution in [3.8, 4) is 5.75 Å². The topological polar surface area (TPSA) is 96.0 Å². The molecule has 1 N–H and O–H groups in total. The summed E-state index contributed by atoms with van der Waals surface area (Å²) in [6, 6.07) is 14.2. The molecule has 0 unspecified atom stereocenters. The fourth-order valence-electron chi connectivity index (χ4n) is 3.96. The highest BCUT2D eigenvalue weighted by atomic mass is 32.2. The molecule has 2 heterocycles. The minimum Gasteiger partial charge on any atom is -0.482 e. The lowest BCUT2D eigenvalue weighted by Crippen LogP contribution is -2.43. The Morgan fingerprint density at radius 1 is 1.16 bits per heavy atom. The van der Waals surface area contributed by atoms with Gasteiger partial charge < -0.3 is 15.0 Å². The fourth-order valence-corrected chi connectivity index (χ4v) is 5.46. The van der Waals surface area contributed by atoms with Gasteiger partial charge in [0, 0.05) is 32.6 Å². The molecule has 2 aromatic carbocycles. The molecule has 0 saturated carbocycles. The molecule has 0 radical (unpaired) electrons. The van der Waals surface area contributed by atoms with Crippen molar-refractivity contribution in [2.24, 2.45) is 5.92 Å². The number of carbonyl (C=O) groups is 2. The van der Waals surface area contributed by atoms with Crippen LogP contribution in [0.2, 0.25) is 0 Å². The average Bonchev–Trinajstić information content (AvgIpc) is 2.78. The number of benzene rings is 2. The zero-order chi connectivity index (χ0) is 22.0. The summed E-state index contributed by atoms with van der Waals surface area (Å²) in [6.07, 6.45) is 0.948. The molecule has 2 aliphatic heterocycles. The number of nitrogens with zero attached hydrogens (tertiary/aromatic N) is 2. The Bertz CT molecular complexity index is 1080. The van der Waals surface area contributed by atoms with Crippen molar-refractivity contribution in [3.63, 3.8) is 0 Å². The maximum absolute atomic E-state index is 13.1. The number of ether oxygens (including phenoxy) is 1. The van der Waals surface area contributed by atoms with Gasteiger partial charge in [-0.3, -0.25) is 9.59 Å². The number of rotatable bonds is 5. The first-order valence-corrected chi connectivity index (χ1v) is 11.6. The summed E-state index contributed by atoms with van der Waals surface area (Å²) in [5, 5.41) is 2.63. The molecule has 0 spiro atoms. The lowest BCUT2D eigenvalue weighted by molar-refractivity contribution is -0.136. The van der Waals surface area contributed by atoms with Gasteiger partial charge in [0.25, 0.3) is 5.91 Å². The number of carbonyl (C=O) groups excluding carboxylic acids is 2. The first kappa shape index (κ1) is 21.3. The highest BCUT2D eigenvalue weighted by molar-refractivity contribution is 7.89. The molecule has 2 aromatic rings. The average molecular weight is 444 g/mol. The minimum absolute atomic E-state index is 0.0366. The highest BCUT2D eigenvalue weighted by Crippen LogP contribution is 2.32. The number of hydrogen-bond donors (Lipinski definition) is 1. The predicted octanol–water partition coefficient (Wildman–Crippen LogP) is 2.08. The molecule has 2 aliphatic rings. The van der Waals surface area contributed by atoms with E-state index in [-0.39, 0.29) is 42.3 Å². The Morgan fingerprint density at radius 3 is 2.58 bits per heavy atom. The van der Waals surface area contributed by atoms with Crippen molar-refractivity contribution in [1.82, 2.24) is 9.21 Å². The van der Waals surface area contributed by atoms with E-state index in [0.29, 0.717) is 30.8 Å². The van der Waals surface area contributed by atoms with Gasteiger partial charge in [0.05, 0.1) is 10.6 Å². The number of hydrogen-bond acceptors (Lipinski definition) is 5. The SMILES string of the molecule is CN(Cc1ccccc1)C(=O)C1CCN(S(=O)(=O)c2ccc3c(c2)NC(=O)CO3)CC1. The Labute approximate surface area is 181 Å². The molecule has 31 heavy (non-hydrogen) atoms. The van der Waals surface area contributed by atoms with E-state index < -0.39 is 10.0 Å². The van der Waals surface area contributed by atoms with Crippen molar-refractivity contribution in [1.29, 1.82) is 0 Å². The van der Waals surface area contributed by atoms with Gasteiger partial charge in [0.15, 0.2) is 6.61 Å². The molecule has 4 rings (SSSR count). The number of nitrogens with one attached hydrogen (secondary N) is 1. The fraction of sp³-hybridized carbons (Fsp3) is 0.364. The van der Waals surface area contributed by atoms with Crippen molar-refractivity contribution in [2.75, 3.05) is 32.1 Å². The molecule has 2 amide bonds. The molecular formula is C22H25N3O5S. The Balaban J connectivity index is 1.39. The Morgan fingerprint density at radius 2 is 1.87 bits per heavy atom. The van der Waals surface area contributed by atoms with Gasteiger partial charge in [0.2, 0.25) is 15.9 Å². The quantitative estimate of drug-likeness (QED) is 0.763. The standard InChI is InChI=1S/C22H25N3O5S/c1-24(14-16-5-3-2-4-6-16)22(27)17-9-11-25(12-10-17)31(28,29)18-7-8-20-19(13-18)23-21(26)15-30-20/h2-8,13,17H,9-12,14-15H2,1H3,(H,23,26). The van der Waals surface area contributed by atoms with Crippen LogP contribution < -0.4 is 10.1 Å². The molecule has 1 saturated heterocycles.